The molecule has 5 heteroatoms. The molecular formula is C33H34BrNO3. The molecule has 0 aromatic heterocycles. The van der Waals surface area contributed by atoms with E-state index in [1.807, 2.05) is 30.3 Å². The van der Waals surface area contributed by atoms with Crippen molar-refractivity contribution in [3.8, 4) is 11.5 Å². The minimum atomic E-state index is -0.833. The second kappa shape index (κ2) is 12.2. The van der Waals surface area contributed by atoms with Crippen molar-refractivity contribution in [1.82, 2.24) is 4.90 Å². The van der Waals surface area contributed by atoms with Crippen molar-refractivity contribution in [1.29, 1.82) is 0 Å². The third-order valence-electron chi connectivity index (χ3n) is 7.34. The number of hydrogen-bond acceptors (Lipinski definition) is 4. The first kappa shape index (κ1) is 26.5. The fraction of sp³-hybridized carbons (Fsp3) is 0.273. The maximum Gasteiger partial charge on any atom is 0.144 e. The van der Waals surface area contributed by atoms with Crippen LogP contribution in [-0.2, 0) is 23.5 Å². The van der Waals surface area contributed by atoms with E-state index in [9.17, 15) is 0 Å². The Morgan fingerprint density at radius 2 is 1.26 bits per heavy atom. The summed E-state index contributed by atoms with van der Waals surface area (Å²) >= 11 is 3.83. The molecule has 38 heavy (non-hydrogen) atoms. The van der Waals surface area contributed by atoms with Crippen LogP contribution in [0.5, 0.6) is 11.5 Å². The minimum Gasteiger partial charge on any atom is -0.497 e. The number of nitrogens with zero attached hydrogens (tertiary/aromatic N) is 1. The number of likely N-dealkylation sites (tertiary alicyclic amines) is 1. The zero-order chi connectivity index (χ0) is 26.4. The van der Waals surface area contributed by atoms with Crippen LogP contribution in [0.3, 0.4) is 0 Å². The lowest BCUT2D eigenvalue weighted by molar-refractivity contribution is 0.000164. The van der Waals surface area contributed by atoms with Crippen LogP contribution in [0, 0.1) is 0 Å². The van der Waals surface area contributed by atoms with Crippen LogP contribution in [0.15, 0.2) is 102 Å². The number of methoxy groups -OCH3 is 2. The fourth-order valence-corrected chi connectivity index (χ4v) is 5.81. The summed E-state index contributed by atoms with van der Waals surface area (Å²) < 4.78 is 19.1. The molecule has 4 aromatic rings. The molecule has 0 spiro atoms. The quantitative estimate of drug-likeness (QED) is 0.184. The van der Waals surface area contributed by atoms with Crippen LogP contribution in [-0.4, -0.2) is 32.2 Å². The molecule has 1 saturated heterocycles. The number of benzene rings is 4. The Bertz CT molecular complexity index is 1270. The van der Waals surface area contributed by atoms with Crippen molar-refractivity contribution in [2.24, 2.45) is 0 Å². The summed E-state index contributed by atoms with van der Waals surface area (Å²) in [6, 6.07) is 33.3. The normalized spacial score (nSPS) is 14.0. The van der Waals surface area contributed by atoms with Crippen molar-refractivity contribution >= 4 is 15.9 Å². The Kier molecular flexibility index (Phi) is 8.48. The van der Waals surface area contributed by atoms with E-state index in [0.29, 0.717) is 6.61 Å². The molecule has 4 nitrogen and oxygen atoms in total. The molecule has 1 aliphatic rings. The van der Waals surface area contributed by atoms with Crippen LogP contribution < -0.4 is 9.47 Å². The molecule has 4 aromatic carbocycles. The molecule has 1 aliphatic heterocycles. The summed E-state index contributed by atoms with van der Waals surface area (Å²) in [5, 5.41) is 0. The zero-order valence-electron chi connectivity index (χ0n) is 22.0. The molecule has 0 aliphatic carbocycles. The minimum absolute atomic E-state index is 0.440. The van der Waals surface area contributed by atoms with Crippen LogP contribution in [0.4, 0.5) is 0 Å². The maximum absolute atomic E-state index is 7.04. The summed E-state index contributed by atoms with van der Waals surface area (Å²) in [5.74, 6) is 1.62. The molecule has 0 saturated carbocycles. The van der Waals surface area contributed by atoms with E-state index in [4.69, 9.17) is 14.2 Å². The third-order valence-corrected chi connectivity index (χ3v) is 8.08. The van der Waals surface area contributed by atoms with Crippen LogP contribution in [0.25, 0.3) is 0 Å². The monoisotopic (exact) mass is 571 g/mol. The molecule has 196 valence electrons. The van der Waals surface area contributed by atoms with Gasteiger partial charge in [0.15, 0.2) is 0 Å². The van der Waals surface area contributed by atoms with Crippen LogP contribution in [0.2, 0.25) is 0 Å². The highest BCUT2D eigenvalue weighted by Crippen LogP contribution is 2.42. The summed E-state index contributed by atoms with van der Waals surface area (Å²) in [4.78, 5) is 2.52. The smallest absolute Gasteiger partial charge is 0.144 e. The van der Waals surface area contributed by atoms with E-state index in [0.717, 1.165) is 44.8 Å². The van der Waals surface area contributed by atoms with Gasteiger partial charge in [0, 0.05) is 11.0 Å². The average Bonchev–Trinajstić information content (AvgIpc) is 3.49. The van der Waals surface area contributed by atoms with Gasteiger partial charge in [-0.3, -0.25) is 4.90 Å². The number of ether oxygens (including phenoxy) is 3. The molecular weight excluding hydrogens is 538 g/mol. The van der Waals surface area contributed by atoms with Gasteiger partial charge in [-0.05, 0) is 84.1 Å². The van der Waals surface area contributed by atoms with Gasteiger partial charge in [-0.2, -0.15) is 0 Å². The Balaban J connectivity index is 1.53. The van der Waals surface area contributed by atoms with Gasteiger partial charge < -0.3 is 14.2 Å². The van der Waals surface area contributed by atoms with E-state index in [-0.39, 0.29) is 0 Å². The summed E-state index contributed by atoms with van der Waals surface area (Å²) in [7, 11) is 3.37. The van der Waals surface area contributed by atoms with Gasteiger partial charge in [-0.1, -0.05) is 82.7 Å². The van der Waals surface area contributed by atoms with Gasteiger partial charge >= 0.3 is 0 Å². The Labute approximate surface area is 234 Å². The zero-order valence-corrected chi connectivity index (χ0v) is 23.6. The van der Waals surface area contributed by atoms with Gasteiger partial charge in [0.25, 0.3) is 0 Å². The van der Waals surface area contributed by atoms with Gasteiger partial charge in [0.2, 0.25) is 0 Å². The van der Waals surface area contributed by atoms with E-state index in [1.54, 1.807) is 14.2 Å². The maximum atomic E-state index is 7.04. The first-order valence-corrected chi connectivity index (χ1v) is 13.9. The van der Waals surface area contributed by atoms with E-state index in [2.05, 4.69) is 87.6 Å². The highest BCUT2D eigenvalue weighted by molar-refractivity contribution is 9.10. The lowest BCUT2D eigenvalue weighted by atomic mass is 9.80. The molecule has 0 atom stereocenters. The number of hydrogen-bond donors (Lipinski definition) is 0. The van der Waals surface area contributed by atoms with Gasteiger partial charge in [0.05, 0.1) is 20.8 Å². The van der Waals surface area contributed by atoms with Crippen molar-refractivity contribution in [2.45, 2.75) is 31.6 Å². The predicted octanol–water partition coefficient (Wildman–Crippen LogP) is 7.57. The number of rotatable bonds is 10. The lowest BCUT2D eigenvalue weighted by Crippen LogP contribution is -2.32. The van der Waals surface area contributed by atoms with E-state index < -0.39 is 5.60 Å². The second-order valence-electron chi connectivity index (χ2n) is 9.70. The molecule has 0 amide bonds. The van der Waals surface area contributed by atoms with Crippen LogP contribution >= 0.6 is 15.9 Å². The molecule has 0 bridgehead atoms. The first-order chi connectivity index (χ1) is 18.6. The van der Waals surface area contributed by atoms with Crippen molar-refractivity contribution in [2.75, 3.05) is 27.3 Å². The molecule has 1 fully saturated rings. The average molecular weight is 573 g/mol. The highest BCUT2D eigenvalue weighted by atomic mass is 79.9. The summed E-state index contributed by atoms with van der Waals surface area (Å²) in [6.07, 6.45) is 2.59. The molecule has 1 heterocycles. The van der Waals surface area contributed by atoms with Gasteiger partial charge in [0.1, 0.15) is 17.1 Å². The van der Waals surface area contributed by atoms with Crippen molar-refractivity contribution in [3.63, 3.8) is 0 Å². The molecule has 0 N–H and O–H groups in total. The SMILES string of the molecule is COc1ccc(C(OCc2ccc(CN3CCCC3)c(Br)c2)(c2ccccc2)c2ccc(OC)cc2)cc1. The molecule has 5 rings (SSSR count). The fourth-order valence-electron chi connectivity index (χ4n) is 5.26. The number of halogens is 1. The standard InChI is InChI=1S/C33H34BrNO3/c1-36-30-16-12-28(13-17-30)33(27-8-4-3-5-9-27,29-14-18-31(37-2)19-15-29)38-24-25-10-11-26(32(34)22-25)23-35-20-6-7-21-35/h3-5,8-19,22H,6-7,20-21,23-24H2,1-2H3. The third kappa shape index (κ3) is 5.65. The van der Waals surface area contributed by atoms with Crippen molar-refractivity contribution < 1.29 is 14.2 Å². The second-order valence-corrected chi connectivity index (χ2v) is 10.6. The Morgan fingerprint density at radius 1 is 0.711 bits per heavy atom. The van der Waals surface area contributed by atoms with E-state index >= 15 is 0 Å². The molecule has 0 unspecified atom stereocenters. The van der Waals surface area contributed by atoms with Crippen LogP contribution in [0.1, 0.15) is 40.7 Å². The topological polar surface area (TPSA) is 30.9 Å². The van der Waals surface area contributed by atoms with Gasteiger partial charge in [-0.15, -0.1) is 0 Å². The largest absolute Gasteiger partial charge is 0.497 e. The van der Waals surface area contributed by atoms with Crippen molar-refractivity contribution in [3.05, 3.63) is 129 Å². The van der Waals surface area contributed by atoms with E-state index in [1.165, 1.54) is 31.5 Å². The summed E-state index contributed by atoms with van der Waals surface area (Å²) in [6.45, 7) is 3.78. The Hall–Kier alpha value is -3.12. The first-order valence-electron chi connectivity index (χ1n) is 13.1. The lowest BCUT2D eigenvalue weighted by Gasteiger charge is -2.36. The highest BCUT2D eigenvalue weighted by Gasteiger charge is 2.38. The predicted molar refractivity (Wildman–Crippen MR) is 156 cm³/mol. The molecule has 0 radical (unpaired) electrons. The van der Waals surface area contributed by atoms with Gasteiger partial charge in [-0.25, -0.2) is 0 Å². The summed E-state index contributed by atoms with van der Waals surface area (Å²) in [5.41, 5.74) is 4.71. The Morgan fingerprint density at radius 3 is 1.79 bits per heavy atom.